The fourth-order valence-electron chi connectivity index (χ4n) is 2.65. The van der Waals surface area contributed by atoms with E-state index in [-0.39, 0.29) is 0 Å². The molecule has 9 heteroatoms. The highest BCUT2D eigenvalue weighted by atomic mass is 35.5. The Bertz CT molecular complexity index is 1110. The number of rotatable bonds is 6. The van der Waals surface area contributed by atoms with Gasteiger partial charge in [0.05, 0.1) is 18.4 Å². The molecule has 4 rings (SSSR count). The fourth-order valence-corrected chi connectivity index (χ4v) is 3.58. The van der Waals surface area contributed by atoms with E-state index >= 15 is 0 Å². The molecule has 0 unspecified atom stereocenters. The Labute approximate surface area is 170 Å². The molecule has 0 radical (unpaired) electrons. The van der Waals surface area contributed by atoms with Gasteiger partial charge in [-0.2, -0.15) is 0 Å². The van der Waals surface area contributed by atoms with Crippen LogP contribution < -0.4 is 10.6 Å². The van der Waals surface area contributed by atoms with Crippen molar-refractivity contribution >= 4 is 23.4 Å². The lowest BCUT2D eigenvalue weighted by Gasteiger charge is -2.07. The SMILES string of the molecule is COc1ccccc1-c1nnc(SCc2coc(-c3cccc(Cl)c3)n2)n1N. The lowest BCUT2D eigenvalue weighted by Crippen LogP contribution is -2.12. The van der Waals surface area contributed by atoms with Gasteiger partial charge in [-0.1, -0.05) is 41.6 Å². The van der Waals surface area contributed by atoms with Crippen molar-refractivity contribution in [1.29, 1.82) is 0 Å². The number of thioether (sulfide) groups is 1. The molecule has 0 saturated carbocycles. The third-order valence-electron chi connectivity index (χ3n) is 3.98. The van der Waals surface area contributed by atoms with Crippen LogP contribution in [0.1, 0.15) is 5.69 Å². The number of methoxy groups -OCH3 is 1. The van der Waals surface area contributed by atoms with Gasteiger partial charge in [-0.05, 0) is 30.3 Å². The van der Waals surface area contributed by atoms with E-state index in [1.54, 1.807) is 25.5 Å². The molecule has 0 aliphatic carbocycles. The Morgan fingerprint density at radius 1 is 1.18 bits per heavy atom. The number of ether oxygens (including phenoxy) is 1. The molecule has 0 amide bonds. The minimum atomic E-state index is 0.516. The van der Waals surface area contributed by atoms with Crippen LogP contribution in [-0.2, 0) is 5.75 Å². The number of oxazole rings is 1. The van der Waals surface area contributed by atoms with E-state index in [9.17, 15) is 0 Å². The van der Waals surface area contributed by atoms with Gasteiger partial charge >= 0.3 is 0 Å². The fraction of sp³-hybridized carbons (Fsp3) is 0.105. The van der Waals surface area contributed by atoms with E-state index in [0.29, 0.717) is 33.4 Å². The van der Waals surface area contributed by atoms with Crippen molar-refractivity contribution in [3.8, 4) is 28.6 Å². The highest BCUT2D eigenvalue weighted by Gasteiger charge is 2.16. The normalized spacial score (nSPS) is 10.9. The molecule has 4 aromatic rings. The number of benzene rings is 2. The molecule has 2 heterocycles. The van der Waals surface area contributed by atoms with Gasteiger partial charge in [0, 0.05) is 16.3 Å². The maximum atomic E-state index is 6.19. The minimum absolute atomic E-state index is 0.516. The number of nitrogens with two attached hydrogens (primary N) is 1. The zero-order chi connectivity index (χ0) is 19.5. The van der Waals surface area contributed by atoms with E-state index in [2.05, 4.69) is 15.2 Å². The predicted octanol–water partition coefficient (Wildman–Crippen LogP) is 4.27. The molecular weight excluding hydrogens is 398 g/mol. The van der Waals surface area contributed by atoms with Gasteiger partial charge in [0.15, 0.2) is 5.82 Å². The average molecular weight is 414 g/mol. The van der Waals surface area contributed by atoms with Crippen LogP contribution in [0.2, 0.25) is 5.02 Å². The van der Waals surface area contributed by atoms with Gasteiger partial charge in [-0.25, -0.2) is 9.66 Å². The molecule has 0 bridgehead atoms. The monoisotopic (exact) mass is 413 g/mol. The molecule has 2 N–H and O–H groups in total. The standard InChI is InChI=1S/C19H16ClN5O2S/c1-26-16-8-3-2-7-15(16)17-23-24-19(25(17)21)28-11-14-10-27-18(22-14)12-5-4-6-13(20)9-12/h2-10H,11,21H2,1H3. The summed E-state index contributed by atoms with van der Waals surface area (Å²) < 4.78 is 12.4. The molecule has 0 fully saturated rings. The molecule has 2 aromatic carbocycles. The first kappa shape index (κ1) is 18.4. The smallest absolute Gasteiger partial charge is 0.226 e. The van der Waals surface area contributed by atoms with Crippen molar-refractivity contribution in [2.24, 2.45) is 0 Å². The maximum Gasteiger partial charge on any atom is 0.226 e. The van der Waals surface area contributed by atoms with Crippen LogP contribution >= 0.6 is 23.4 Å². The number of hydrogen-bond donors (Lipinski definition) is 1. The first-order valence-corrected chi connectivity index (χ1v) is 9.69. The van der Waals surface area contributed by atoms with Gasteiger partial charge in [0.2, 0.25) is 11.0 Å². The van der Waals surface area contributed by atoms with Crippen molar-refractivity contribution in [3.05, 3.63) is 65.5 Å². The molecule has 2 aromatic heterocycles. The first-order valence-electron chi connectivity index (χ1n) is 8.32. The third-order valence-corrected chi connectivity index (χ3v) is 5.20. The van der Waals surface area contributed by atoms with Crippen LogP contribution in [0.25, 0.3) is 22.8 Å². The van der Waals surface area contributed by atoms with Gasteiger partial charge in [0.1, 0.15) is 12.0 Å². The highest BCUT2D eigenvalue weighted by Crippen LogP contribution is 2.30. The Balaban J connectivity index is 1.50. The van der Waals surface area contributed by atoms with Crippen molar-refractivity contribution in [3.63, 3.8) is 0 Å². The summed E-state index contributed by atoms with van der Waals surface area (Å²) in [5, 5.41) is 9.57. The summed E-state index contributed by atoms with van der Waals surface area (Å²) in [5.74, 6) is 8.45. The molecule has 0 aliphatic heterocycles. The summed E-state index contributed by atoms with van der Waals surface area (Å²) >= 11 is 7.44. The topological polar surface area (TPSA) is 92.0 Å². The number of halogens is 1. The van der Waals surface area contributed by atoms with Crippen LogP contribution in [0.15, 0.2) is 64.4 Å². The van der Waals surface area contributed by atoms with Crippen molar-refractivity contribution < 1.29 is 9.15 Å². The van der Waals surface area contributed by atoms with Gasteiger partial charge in [-0.3, -0.25) is 0 Å². The quantitative estimate of drug-likeness (QED) is 0.372. The second kappa shape index (κ2) is 7.95. The molecule has 0 spiro atoms. The lowest BCUT2D eigenvalue weighted by atomic mass is 10.2. The van der Waals surface area contributed by atoms with Crippen LogP contribution in [0.3, 0.4) is 0 Å². The van der Waals surface area contributed by atoms with Gasteiger partial charge < -0.3 is 15.0 Å². The Morgan fingerprint density at radius 3 is 2.86 bits per heavy atom. The Hall–Kier alpha value is -2.97. The third kappa shape index (κ3) is 3.69. The molecular formula is C19H16ClN5O2S. The summed E-state index contributed by atoms with van der Waals surface area (Å²) in [6, 6.07) is 14.9. The van der Waals surface area contributed by atoms with Crippen LogP contribution in [-0.4, -0.2) is 27.0 Å². The Morgan fingerprint density at radius 2 is 2.04 bits per heavy atom. The second-order valence-electron chi connectivity index (χ2n) is 5.82. The molecule has 28 heavy (non-hydrogen) atoms. The number of nitrogens with zero attached hydrogens (tertiary/aromatic N) is 4. The number of hydrogen-bond acceptors (Lipinski definition) is 7. The zero-order valence-electron chi connectivity index (χ0n) is 14.9. The molecule has 0 saturated heterocycles. The number of para-hydroxylation sites is 1. The van der Waals surface area contributed by atoms with E-state index in [1.165, 1.54) is 16.4 Å². The summed E-state index contributed by atoms with van der Waals surface area (Å²) in [6.07, 6.45) is 1.61. The summed E-state index contributed by atoms with van der Waals surface area (Å²) in [7, 11) is 1.60. The second-order valence-corrected chi connectivity index (χ2v) is 7.20. The maximum absolute atomic E-state index is 6.19. The van der Waals surface area contributed by atoms with E-state index in [4.69, 9.17) is 26.6 Å². The van der Waals surface area contributed by atoms with E-state index < -0.39 is 0 Å². The van der Waals surface area contributed by atoms with Crippen LogP contribution in [0.4, 0.5) is 0 Å². The van der Waals surface area contributed by atoms with Gasteiger partial charge in [-0.15, -0.1) is 10.2 Å². The van der Waals surface area contributed by atoms with Crippen LogP contribution in [0.5, 0.6) is 5.75 Å². The van der Waals surface area contributed by atoms with Crippen molar-refractivity contribution in [1.82, 2.24) is 19.9 Å². The van der Waals surface area contributed by atoms with Crippen LogP contribution in [0, 0.1) is 0 Å². The number of nitrogen functional groups attached to an aromatic ring is 1. The van der Waals surface area contributed by atoms with E-state index in [0.717, 1.165) is 16.8 Å². The highest BCUT2D eigenvalue weighted by molar-refractivity contribution is 7.98. The van der Waals surface area contributed by atoms with Crippen molar-refractivity contribution in [2.45, 2.75) is 10.9 Å². The predicted molar refractivity (Wildman–Crippen MR) is 109 cm³/mol. The summed E-state index contributed by atoms with van der Waals surface area (Å²) in [6.45, 7) is 0. The van der Waals surface area contributed by atoms with Crippen molar-refractivity contribution in [2.75, 3.05) is 13.0 Å². The average Bonchev–Trinajstić information content (AvgIpc) is 3.33. The largest absolute Gasteiger partial charge is 0.496 e. The molecule has 0 atom stereocenters. The van der Waals surface area contributed by atoms with Gasteiger partial charge in [0.25, 0.3) is 0 Å². The minimum Gasteiger partial charge on any atom is -0.496 e. The zero-order valence-corrected chi connectivity index (χ0v) is 16.4. The summed E-state index contributed by atoms with van der Waals surface area (Å²) in [5.41, 5.74) is 2.36. The molecule has 142 valence electrons. The lowest BCUT2D eigenvalue weighted by molar-refractivity contribution is 0.416. The summed E-state index contributed by atoms with van der Waals surface area (Å²) in [4.78, 5) is 4.49. The molecule has 0 aliphatic rings. The first-order chi connectivity index (χ1) is 13.7. The Kier molecular flexibility index (Phi) is 5.23. The van der Waals surface area contributed by atoms with E-state index in [1.807, 2.05) is 36.4 Å². The molecule has 7 nitrogen and oxygen atoms in total. The number of aromatic nitrogens is 4.